The molecule has 4 rings (SSSR count). The number of amidine groups is 1. The Hall–Kier alpha value is -1.67. The van der Waals surface area contributed by atoms with Crippen LogP contribution in [0.1, 0.15) is 19.3 Å². The lowest BCUT2D eigenvalue weighted by Crippen LogP contribution is -2.45. The molecule has 4 aliphatic heterocycles. The fourth-order valence-corrected chi connectivity index (χ4v) is 4.67. The summed E-state index contributed by atoms with van der Waals surface area (Å²) in [7, 11) is -3.48. The van der Waals surface area contributed by atoms with E-state index in [0.29, 0.717) is 37.3 Å². The molecule has 2 unspecified atom stereocenters. The van der Waals surface area contributed by atoms with Crippen LogP contribution in [0.4, 0.5) is 0 Å². The van der Waals surface area contributed by atoms with E-state index in [-0.39, 0.29) is 17.5 Å². The van der Waals surface area contributed by atoms with Gasteiger partial charge in [-0.2, -0.15) is 0 Å². The highest BCUT2D eigenvalue weighted by Crippen LogP contribution is 2.24. The van der Waals surface area contributed by atoms with Crippen LogP contribution >= 0.6 is 0 Å². The van der Waals surface area contributed by atoms with Gasteiger partial charge in [0.1, 0.15) is 0 Å². The van der Waals surface area contributed by atoms with Crippen LogP contribution in [0, 0.1) is 0 Å². The van der Waals surface area contributed by atoms with Gasteiger partial charge in [0.2, 0.25) is 0 Å². The first-order valence-electron chi connectivity index (χ1n) is 8.05. The molecular weight excluding hydrogens is 316 g/mol. The minimum atomic E-state index is -3.48. The van der Waals surface area contributed by atoms with Crippen LogP contribution in [0.25, 0.3) is 0 Å². The maximum absolute atomic E-state index is 12.9. The lowest BCUT2D eigenvalue weighted by Gasteiger charge is -2.31. The van der Waals surface area contributed by atoms with Gasteiger partial charge >= 0.3 is 0 Å². The number of nitrogens with zero attached hydrogens (tertiary/aromatic N) is 3. The summed E-state index contributed by atoms with van der Waals surface area (Å²) in [5, 5.41) is 3.55. The maximum atomic E-state index is 12.9. The zero-order valence-corrected chi connectivity index (χ0v) is 13.6. The number of carbonyl (C=O) groups excluding carboxylic acids is 1. The van der Waals surface area contributed by atoms with Crippen LogP contribution in [0.5, 0.6) is 0 Å². The number of allylic oxidation sites excluding steroid dienone is 2. The third-order valence-corrected chi connectivity index (χ3v) is 6.05. The van der Waals surface area contributed by atoms with Crippen molar-refractivity contribution in [3.63, 3.8) is 0 Å². The summed E-state index contributed by atoms with van der Waals surface area (Å²) in [6, 6.07) is 0.848. The van der Waals surface area contributed by atoms with E-state index in [1.807, 2.05) is 4.90 Å². The summed E-state index contributed by atoms with van der Waals surface area (Å²) in [5.74, 6) is 0.135. The first-order valence-corrected chi connectivity index (χ1v) is 9.66. The van der Waals surface area contributed by atoms with Crippen LogP contribution in [0.15, 0.2) is 28.3 Å². The molecule has 2 saturated heterocycles. The number of amides is 1. The Morgan fingerprint density at radius 3 is 2.91 bits per heavy atom. The highest BCUT2D eigenvalue weighted by molar-refractivity contribution is 7.90. The standard InChI is InChI=1S/C15H20N4O3S/c20-15(19-7-5-11-3-4-12(10-19)16-11)13-2-1-6-18-8-9-23(21,22)17-14(13)18/h1-2,6,11-12,16H,3-5,7-10H2. The number of hydrogen-bond acceptors (Lipinski definition) is 5. The molecule has 2 bridgehead atoms. The molecule has 0 saturated carbocycles. The van der Waals surface area contributed by atoms with Gasteiger partial charge in [0, 0.05) is 37.9 Å². The third-order valence-electron chi connectivity index (χ3n) is 4.90. The van der Waals surface area contributed by atoms with Crippen LogP contribution in [0.2, 0.25) is 0 Å². The molecule has 0 aromatic carbocycles. The molecule has 124 valence electrons. The molecule has 0 aromatic rings. The number of likely N-dealkylation sites (tertiary alicyclic amines) is 1. The number of rotatable bonds is 1. The van der Waals surface area contributed by atoms with E-state index < -0.39 is 10.0 Å². The molecular formula is C15H20N4O3S. The van der Waals surface area contributed by atoms with E-state index in [9.17, 15) is 13.2 Å². The molecule has 4 aliphatic rings. The van der Waals surface area contributed by atoms with Gasteiger partial charge in [-0.1, -0.05) is 0 Å². The lowest BCUT2D eigenvalue weighted by atomic mass is 10.1. The van der Waals surface area contributed by atoms with Gasteiger partial charge in [-0.3, -0.25) is 4.79 Å². The monoisotopic (exact) mass is 336 g/mol. The third kappa shape index (κ3) is 2.81. The van der Waals surface area contributed by atoms with Crippen molar-refractivity contribution in [3.8, 4) is 0 Å². The van der Waals surface area contributed by atoms with Crippen LogP contribution in [-0.4, -0.2) is 67.4 Å². The van der Waals surface area contributed by atoms with Crippen molar-refractivity contribution in [1.82, 2.24) is 15.1 Å². The first kappa shape index (κ1) is 14.9. The normalized spacial score (nSPS) is 32.0. The van der Waals surface area contributed by atoms with Crippen molar-refractivity contribution in [1.29, 1.82) is 0 Å². The average Bonchev–Trinajstić information content (AvgIpc) is 2.84. The van der Waals surface area contributed by atoms with Crippen molar-refractivity contribution < 1.29 is 13.2 Å². The summed E-state index contributed by atoms with van der Waals surface area (Å²) < 4.78 is 27.5. The van der Waals surface area contributed by atoms with E-state index >= 15 is 0 Å². The summed E-state index contributed by atoms with van der Waals surface area (Å²) >= 11 is 0. The second-order valence-corrected chi connectivity index (χ2v) is 8.25. The topological polar surface area (TPSA) is 82.1 Å². The Morgan fingerprint density at radius 1 is 1.22 bits per heavy atom. The average molecular weight is 336 g/mol. The SMILES string of the molecule is O=C(C1=CC=CN2CCS(=O)(=O)N=C12)N1CCC2CCC(C1)N2. The van der Waals surface area contributed by atoms with Crippen LogP contribution in [-0.2, 0) is 14.8 Å². The summed E-state index contributed by atoms with van der Waals surface area (Å²) in [5.41, 5.74) is 0.383. The molecule has 2 atom stereocenters. The number of nitrogens with one attached hydrogen (secondary N) is 1. The van der Waals surface area contributed by atoms with Crippen molar-refractivity contribution >= 4 is 21.8 Å². The van der Waals surface area contributed by atoms with E-state index in [0.717, 1.165) is 12.8 Å². The molecule has 4 heterocycles. The zero-order valence-electron chi connectivity index (χ0n) is 12.8. The quantitative estimate of drug-likeness (QED) is 0.719. The van der Waals surface area contributed by atoms with E-state index in [4.69, 9.17) is 0 Å². The predicted molar refractivity (Wildman–Crippen MR) is 86.3 cm³/mol. The van der Waals surface area contributed by atoms with Gasteiger partial charge in [0.05, 0.1) is 11.3 Å². The number of hydrogen-bond donors (Lipinski definition) is 1. The Balaban J connectivity index is 1.61. The minimum Gasteiger partial charge on any atom is -0.337 e. The van der Waals surface area contributed by atoms with Crippen LogP contribution < -0.4 is 5.32 Å². The van der Waals surface area contributed by atoms with Gasteiger partial charge in [0.15, 0.2) is 5.84 Å². The van der Waals surface area contributed by atoms with Crippen molar-refractivity contribution in [2.24, 2.45) is 4.40 Å². The molecule has 8 heteroatoms. The zero-order chi connectivity index (χ0) is 16.0. The number of sulfonamides is 1. The Bertz CT molecular complexity index is 725. The van der Waals surface area contributed by atoms with Gasteiger partial charge in [0.25, 0.3) is 15.9 Å². The van der Waals surface area contributed by atoms with Gasteiger partial charge in [-0.15, -0.1) is 4.40 Å². The van der Waals surface area contributed by atoms with Gasteiger partial charge in [-0.05, 0) is 31.4 Å². The van der Waals surface area contributed by atoms with Gasteiger partial charge < -0.3 is 15.1 Å². The predicted octanol–water partition coefficient (Wildman–Crippen LogP) is -0.163. The number of carbonyl (C=O) groups is 1. The number of fused-ring (bicyclic) bond motifs is 3. The largest absolute Gasteiger partial charge is 0.337 e. The van der Waals surface area contributed by atoms with Crippen molar-refractivity contribution in [2.45, 2.75) is 31.3 Å². The highest BCUT2D eigenvalue weighted by atomic mass is 32.2. The summed E-state index contributed by atoms with van der Waals surface area (Å²) in [4.78, 5) is 16.5. The first-order chi connectivity index (χ1) is 11.0. The molecule has 0 aliphatic carbocycles. The molecule has 7 nitrogen and oxygen atoms in total. The summed E-state index contributed by atoms with van der Waals surface area (Å²) in [6.07, 6.45) is 8.45. The maximum Gasteiger partial charge on any atom is 0.257 e. The van der Waals surface area contributed by atoms with Crippen LogP contribution in [0.3, 0.4) is 0 Å². The van der Waals surface area contributed by atoms with Crippen molar-refractivity contribution in [3.05, 3.63) is 23.9 Å². The van der Waals surface area contributed by atoms with Crippen molar-refractivity contribution in [2.75, 3.05) is 25.4 Å². The second-order valence-electron chi connectivity index (χ2n) is 6.49. The Kier molecular flexibility index (Phi) is 3.53. The second kappa shape index (κ2) is 5.45. The van der Waals surface area contributed by atoms with E-state index in [1.54, 1.807) is 23.3 Å². The lowest BCUT2D eigenvalue weighted by molar-refractivity contribution is -0.126. The summed E-state index contributed by atoms with van der Waals surface area (Å²) in [6.45, 7) is 1.72. The molecule has 2 fully saturated rings. The molecule has 1 N–H and O–H groups in total. The van der Waals surface area contributed by atoms with E-state index in [1.165, 1.54) is 6.42 Å². The minimum absolute atomic E-state index is 0.0142. The highest BCUT2D eigenvalue weighted by Gasteiger charge is 2.35. The fourth-order valence-electron chi connectivity index (χ4n) is 3.68. The molecule has 0 radical (unpaired) electrons. The van der Waals surface area contributed by atoms with Gasteiger partial charge in [-0.25, -0.2) is 8.42 Å². The molecule has 23 heavy (non-hydrogen) atoms. The fraction of sp³-hybridized carbons (Fsp3) is 0.600. The molecule has 0 spiro atoms. The Morgan fingerprint density at radius 2 is 2.04 bits per heavy atom. The molecule has 0 aromatic heterocycles. The van der Waals surface area contributed by atoms with E-state index in [2.05, 4.69) is 9.71 Å². The molecule has 1 amide bonds. The Labute approximate surface area is 135 Å². The smallest absolute Gasteiger partial charge is 0.257 e.